The highest BCUT2D eigenvalue weighted by Gasteiger charge is 2.69. The summed E-state index contributed by atoms with van der Waals surface area (Å²) in [5.41, 5.74) is 0. The van der Waals surface area contributed by atoms with Crippen molar-refractivity contribution in [2.24, 2.45) is 5.92 Å². The van der Waals surface area contributed by atoms with Gasteiger partial charge in [0.05, 0.1) is 5.92 Å². The number of alkyl halides is 2. The van der Waals surface area contributed by atoms with Gasteiger partial charge in [0.25, 0.3) is 5.92 Å². The van der Waals surface area contributed by atoms with Crippen LogP contribution in [-0.2, 0) is 0 Å². The van der Waals surface area contributed by atoms with Crippen LogP contribution in [0.4, 0.5) is 13.9 Å². The fraction of sp³-hybridized carbons (Fsp3) is 0.833. The van der Waals surface area contributed by atoms with Crippen LogP contribution in [0.15, 0.2) is 0 Å². The van der Waals surface area contributed by atoms with Crippen LogP contribution >= 0.6 is 11.5 Å². The Bertz CT molecular complexity index is 429. The molecule has 18 heavy (non-hydrogen) atoms. The summed E-state index contributed by atoms with van der Waals surface area (Å²) < 4.78 is 31.2. The van der Waals surface area contributed by atoms with Crippen LogP contribution in [0.3, 0.4) is 0 Å². The molecule has 0 amide bonds. The number of hydrogen-bond donors (Lipinski definition) is 0. The number of anilines is 1. The van der Waals surface area contributed by atoms with Crippen molar-refractivity contribution in [1.29, 1.82) is 0 Å². The van der Waals surface area contributed by atoms with Crippen molar-refractivity contribution in [3.8, 4) is 0 Å². The lowest BCUT2D eigenvalue weighted by Gasteiger charge is -2.25. The van der Waals surface area contributed by atoms with Gasteiger partial charge >= 0.3 is 0 Å². The highest BCUT2D eigenvalue weighted by Crippen LogP contribution is 2.62. The minimum Gasteiger partial charge on any atom is -0.347 e. The van der Waals surface area contributed by atoms with Gasteiger partial charge in [0.15, 0.2) is 5.82 Å². The predicted octanol–water partition coefficient (Wildman–Crippen LogP) is 3.29. The molecule has 0 aromatic carbocycles. The average Bonchev–Trinajstić information content (AvgIpc) is 2.77. The van der Waals surface area contributed by atoms with Gasteiger partial charge in [-0.15, -0.1) is 0 Å². The third kappa shape index (κ3) is 1.90. The van der Waals surface area contributed by atoms with E-state index in [1.807, 2.05) is 0 Å². The standard InChI is InChI=1S/C12H17F2N3S/c1-2-8-9(12(8,13)14)10-15-11(18-16-10)17-6-4-3-5-7-17/h8-9H,2-7H2,1H3/t8-,9+/m1/s1. The van der Waals surface area contributed by atoms with Gasteiger partial charge < -0.3 is 4.90 Å². The maximum Gasteiger partial charge on any atom is 0.262 e. The molecular weight excluding hydrogens is 256 g/mol. The molecule has 2 heterocycles. The maximum absolute atomic E-state index is 13.5. The van der Waals surface area contributed by atoms with Gasteiger partial charge in [0, 0.05) is 30.5 Å². The van der Waals surface area contributed by atoms with Crippen molar-refractivity contribution < 1.29 is 8.78 Å². The highest BCUT2D eigenvalue weighted by molar-refractivity contribution is 7.09. The lowest BCUT2D eigenvalue weighted by atomic mass is 10.1. The van der Waals surface area contributed by atoms with Crippen LogP contribution in [-0.4, -0.2) is 28.4 Å². The first-order valence-corrected chi connectivity index (χ1v) is 7.38. The topological polar surface area (TPSA) is 29.0 Å². The van der Waals surface area contributed by atoms with Gasteiger partial charge in [-0.25, -0.2) is 13.8 Å². The molecular formula is C12H17F2N3S. The van der Waals surface area contributed by atoms with Crippen molar-refractivity contribution in [3.63, 3.8) is 0 Å². The second-order valence-corrected chi connectivity index (χ2v) is 5.88. The first-order chi connectivity index (χ1) is 8.64. The molecule has 1 aliphatic heterocycles. The van der Waals surface area contributed by atoms with Crippen LogP contribution in [0.1, 0.15) is 44.3 Å². The summed E-state index contributed by atoms with van der Waals surface area (Å²) in [6.45, 7) is 3.76. The lowest BCUT2D eigenvalue weighted by Crippen LogP contribution is -2.29. The van der Waals surface area contributed by atoms with E-state index in [9.17, 15) is 8.78 Å². The van der Waals surface area contributed by atoms with E-state index in [0.717, 1.165) is 31.1 Å². The molecule has 6 heteroatoms. The summed E-state index contributed by atoms with van der Waals surface area (Å²) in [5.74, 6) is -3.52. The molecule has 0 bridgehead atoms. The van der Waals surface area contributed by atoms with Crippen LogP contribution < -0.4 is 4.90 Å². The molecule has 2 atom stereocenters. The van der Waals surface area contributed by atoms with Crippen LogP contribution in [0.5, 0.6) is 0 Å². The maximum atomic E-state index is 13.5. The van der Waals surface area contributed by atoms with E-state index in [2.05, 4.69) is 14.3 Å². The fourth-order valence-corrected chi connectivity index (χ4v) is 3.58. The monoisotopic (exact) mass is 273 g/mol. The molecule has 1 saturated heterocycles. The summed E-state index contributed by atoms with van der Waals surface area (Å²) in [7, 11) is 0. The van der Waals surface area contributed by atoms with E-state index in [1.54, 1.807) is 6.92 Å². The Kier molecular flexibility index (Phi) is 3.00. The van der Waals surface area contributed by atoms with Gasteiger partial charge in [-0.3, -0.25) is 0 Å². The molecule has 0 N–H and O–H groups in total. The summed E-state index contributed by atoms with van der Waals surface area (Å²) >= 11 is 1.27. The summed E-state index contributed by atoms with van der Waals surface area (Å²) in [6, 6.07) is 0. The summed E-state index contributed by atoms with van der Waals surface area (Å²) in [5, 5.41) is 0.822. The average molecular weight is 273 g/mol. The lowest BCUT2D eigenvalue weighted by molar-refractivity contribution is 0.0919. The van der Waals surface area contributed by atoms with E-state index >= 15 is 0 Å². The third-order valence-corrected chi connectivity index (χ3v) is 4.77. The summed E-state index contributed by atoms with van der Waals surface area (Å²) in [6.07, 6.45) is 4.06. The fourth-order valence-electron chi connectivity index (χ4n) is 2.82. The minimum absolute atomic E-state index is 0.359. The van der Waals surface area contributed by atoms with E-state index in [1.165, 1.54) is 18.0 Å². The molecule has 0 spiro atoms. The Labute approximate surface area is 109 Å². The SMILES string of the molecule is CC[C@@H]1[C@@H](c2nsc(N3CCCCC3)n2)C1(F)F. The molecule has 1 aromatic heterocycles. The zero-order chi connectivity index (χ0) is 12.8. The zero-order valence-corrected chi connectivity index (χ0v) is 11.2. The van der Waals surface area contributed by atoms with Crippen LogP contribution in [0.25, 0.3) is 0 Å². The first-order valence-electron chi connectivity index (χ1n) is 6.61. The Balaban J connectivity index is 1.74. The highest BCUT2D eigenvalue weighted by atomic mass is 32.1. The molecule has 1 aliphatic carbocycles. The predicted molar refractivity (Wildman–Crippen MR) is 67.4 cm³/mol. The number of aromatic nitrogens is 2. The van der Waals surface area contributed by atoms with Gasteiger partial charge in [-0.2, -0.15) is 4.37 Å². The molecule has 1 saturated carbocycles. The number of hydrogen-bond acceptors (Lipinski definition) is 4. The smallest absolute Gasteiger partial charge is 0.262 e. The van der Waals surface area contributed by atoms with E-state index < -0.39 is 17.8 Å². The van der Waals surface area contributed by atoms with E-state index in [0.29, 0.717) is 12.2 Å². The second kappa shape index (κ2) is 4.40. The normalized spacial score (nSPS) is 30.5. The largest absolute Gasteiger partial charge is 0.347 e. The first kappa shape index (κ1) is 12.3. The number of piperidine rings is 1. The molecule has 0 unspecified atom stereocenters. The van der Waals surface area contributed by atoms with E-state index in [-0.39, 0.29) is 0 Å². The molecule has 100 valence electrons. The molecule has 2 fully saturated rings. The second-order valence-electron chi connectivity index (χ2n) is 5.15. The minimum atomic E-state index is -2.59. The Morgan fingerprint density at radius 2 is 2.06 bits per heavy atom. The van der Waals surface area contributed by atoms with Gasteiger partial charge in [-0.1, -0.05) is 6.92 Å². The molecule has 3 nitrogen and oxygen atoms in total. The number of nitrogens with zero attached hydrogens (tertiary/aromatic N) is 3. The Hall–Kier alpha value is -0.780. The van der Waals surface area contributed by atoms with Gasteiger partial charge in [0.2, 0.25) is 5.13 Å². The van der Waals surface area contributed by atoms with Crippen LogP contribution in [0, 0.1) is 5.92 Å². The number of rotatable bonds is 3. The molecule has 3 rings (SSSR count). The molecule has 2 aliphatic rings. The number of halogens is 2. The van der Waals surface area contributed by atoms with Crippen molar-refractivity contribution >= 4 is 16.7 Å². The van der Waals surface area contributed by atoms with Crippen molar-refractivity contribution in [3.05, 3.63) is 5.82 Å². The Morgan fingerprint density at radius 1 is 1.33 bits per heavy atom. The zero-order valence-electron chi connectivity index (χ0n) is 10.4. The van der Waals surface area contributed by atoms with Crippen molar-refractivity contribution in [2.75, 3.05) is 18.0 Å². The third-order valence-electron chi connectivity index (χ3n) is 3.98. The quantitative estimate of drug-likeness (QED) is 0.846. The summed E-state index contributed by atoms with van der Waals surface area (Å²) in [4.78, 5) is 6.52. The van der Waals surface area contributed by atoms with Crippen molar-refractivity contribution in [2.45, 2.75) is 44.4 Å². The van der Waals surface area contributed by atoms with Crippen LogP contribution in [0.2, 0.25) is 0 Å². The van der Waals surface area contributed by atoms with E-state index in [4.69, 9.17) is 0 Å². The van der Waals surface area contributed by atoms with Gasteiger partial charge in [0.1, 0.15) is 0 Å². The Morgan fingerprint density at radius 3 is 2.67 bits per heavy atom. The van der Waals surface area contributed by atoms with Crippen molar-refractivity contribution in [1.82, 2.24) is 9.36 Å². The van der Waals surface area contributed by atoms with Gasteiger partial charge in [-0.05, 0) is 25.7 Å². The molecule has 0 radical (unpaired) electrons. The molecule has 1 aromatic rings.